The van der Waals surface area contributed by atoms with Gasteiger partial charge in [0.2, 0.25) is 0 Å². The van der Waals surface area contributed by atoms with Crippen molar-refractivity contribution in [3.8, 4) is 11.5 Å². The van der Waals surface area contributed by atoms with Gasteiger partial charge < -0.3 is 9.84 Å². The highest BCUT2D eigenvalue weighted by Gasteiger charge is 2.29. The number of carbonyl (C=O) groups is 1. The van der Waals surface area contributed by atoms with E-state index in [9.17, 15) is 9.90 Å². The van der Waals surface area contributed by atoms with E-state index in [0.717, 1.165) is 36.9 Å². The van der Waals surface area contributed by atoms with Gasteiger partial charge in [-0.1, -0.05) is 20.8 Å². The molecule has 1 unspecified atom stereocenters. The lowest BCUT2D eigenvalue weighted by atomic mass is 9.76. The van der Waals surface area contributed by atoms with Gasteiger partial charge in [-0.3, -0.25) is 9.89 Å². The van der Waals surface area contributed by atoms with Crippen molar-refractivity contribution in [2.24, 2.45) is 16.4 Å². The van der Waals surface area contributed by atoms with E-state index in [1.165, 1.54) is 19.4 Å². The number of aromatic amines is 1. The molecule has 1 aromatic heterocycles. The van der Waals surface area contributed by atoms with E-state index >= 15 is 0 Å². The average molecular weight is 384 g/mol. The summed E-state index contributed by atoms with van der Waals surface area (Å²) in [6.45, 7) is 6.75. The molecule has 7 nitrogen and oxygen atoms in total. The van der Waals surface area contributed by atoms with Crippen LogP contribution in [-0.4, -0.2) is 34.5 Å². The number of aryl methyl sites for hydroxylation is 1. The van der Waals surface area contributed by atoms with Crippen molar-refractivity contribution in [1.82, 2.24) is 15.6 Å². The zero-order chi connectivity index (χ0) is 20.3. The third kappa shape index (κ3) is 4.71. The monoisotopic (exact) mass is 384 g/mol. The number of fused-ring (bicyclic) bond motifs is 1. The molecule has 3 N–H and O–H groups in total. The Labute approximate surface area is 165 Å². The number of phenolic OH excluding ortho intramolecular Hbond substituents is 1. The number of hydrogen-bond acceptors (Lipinski definition) is 5. The first kappa shape index (κ1) is 19.9. The Morgan fingerprint density at radius 1 is 1.46 bits per heavy atom. The summed E-state index contributed by atoms with van der Waals surface area (Å²) < 4.78 is 5.07. The number of phenols is 1. The van der Waals surface area contributed by atoms with E-state index in [2.05, 4.69) is 41.5 Å². The Kier molecular flexibility index (Phi) is 5.72. The molecule has 0 bridgehead atoms. The molecule has 0 saturated heterocycles. The number of benzene rings is 1. The van der Waals surface area contributed by atoms with E-state index in [4.69, 9.17) is 4.74 Å². The average Bonchev–Trinajstić information content (AvgIpc) is 3.05. The summed E-state index contributed by atoms with van der Waals surface area (Å²) in [5, 5.41) is 20.9. The summed E-state index contributed by atoms with van der Waals surface area (Å²) in [5.74, 6) is 0.638. The molecule has 1 aliphatic rings. The molecular weight excluding hydrogens is 356 g/mol. The van der Waals surface area contributed by atoms with Crippen molar-refractivity contribution in [1.29, 1.82) is 0 Å². The second-order valence-electron chi connectivity index (χ2n) is 8.53. The van der Waals surface area contributed by atoms with Crippen LogP contribution >= 0.6 is 0 Å². The van der Waals surface area contributed by atoms with E-state index in [1.54, 1.807) is 12.1 Å². The molecule has 28 heavy (non-hydrogen) atoms. The van der Waals surface area contributed by atoms with Gasteiger partial charge in [-0.2, -0.15) is 10.2 Å². The zero-order valence-electron chi connectivity index (χ0n) is 16.9. The fourth-order valence-electron chi connectivity index (χ4n) is 3.79. The van der Waals surface area contributed by atoms with Crippen LogP contribution in [0.5, 0.6) is 11.5 Å². The molecular formula is C21H28N4O3. The molecule has 7 heteroatoms. The molecule has 3 rings (SSSR count). The smallest absolute Gasteiger partial charge is 0.292 e. The predicted octanol–water partition coefficient (Wildman–Crippen LogP) is 3.43. The third-order valence-electron chi connectivity index (χ3n) is 4.95. The van der Waals surface area contributed by atoms with Crippen LogP contribution in [0.3, 0.4) is 0 Å². The maximum atomic E-state index is 12.6. The summed E-state index contributed by atoms with van der Waals surface area (Å²) in [7, 11) is 1.48. The SMILES string of the molecule is COc1cc(/C=N/NC(=O)c2n[nH]c3c2CC(CC(C)(C)C)CC3)ccc1O. The number of methoxy groups -OCH3 is 1. The van der Waals surface area contributed by atoms with Crippen molar-refractivity contribution >= 4 is 12.1 Å². The maximum Gasteiger partial charge on any atom is 0.292 e. The van der Waals surface area contributed by atoms with Gasteiger partial charge >= 0.3 is 0 Å². The van der Waals surface area contributed by atoms with Crippen molar-refractivity contribution in [2.45, 2.75) is 46.5 Å². The first-order chi connectivity index (χ1) is 13.3. The lowest BCUT2D eigenvalue weighted by Crippen LogP contribution is -2.24. The number of aromatic nitrogens is 2. The van der Waals surface area contributed by atoms with Crippen molar-refractivity contribution in [2.75, 3.05) is 7.11 Å². The third-order valence-corrected chi connectivity index (χ3v) is 4.95. The van der Waals surface area contributed by atoms with Gasteiger partial charge in [-0.05, 0) is 60.8 Å². The maximum absolute atomic E-state index is 12.6. The normalized spacial score (nSPS) is 16.8. The number of carbonyl (C=O) groups excluding carboxylic acids is 1. The number of nitrogens with zero attached hydrogens (tertiary/aromatic N) is 2. The Morgan fingerprint density at radius 2 is 2.25 bits per heavy atom. The Balaban J connectivity index is 1.67. The lowest BCUT2D eigenvalue weighted by molar-refractivity contribution is 0.0948. The topological polar surface area (TPSA) is 99.6 Å². The highest BCUT2D eigenvalue weighted by Crippen LogP contribution is 2.34. The van der Waals surface area contributed by atoms with Gasteiger partial charge in [-0.25, -0.2) is 5.43 Å². The summed E-state index contributed by atoms with van der Waals surface area (Å²) >= 11 is 0. The van der Waals surface area contributed by atoms with Crippen LogP contribution in [0, 0.1) is 11.3 Å². The lowest BCUT2D eigenvalue weighted by Gasteiger charge is -2.28. The number of hydrogen-bond donors (Lipinski definition) is 3. The van der Waals surface area contributed by atoms with Crippen LogP contribution in [0.4, 0.5) is 0 Å². The van der Waals surface area contributed by atoms with Gasteiger partial charge in [0, 0.05) is 11.3 Å². The van der Waals surface area contributed by atoms with Gasteiger partial charge in [0.25, 0.3) is 5.91 Å². The second kappa shape index (κ2) is 8.04. The molecule has 1 amide bonds. The van der Waals surface area contributed by atoms with E-state index in [0.29, 0.717) is 22.9 Å². The number of ether oxygens (including phenoxy) is 1. The Morgan fingerprint density at radius 3 is 2.96 bits per heavy atom. The fourth-order valence-corrected chi connectivity index (χ4v) is 3.79. The summed E-state index contributed by atoms with van der Waals surface area (Å²) in [6, 6.07) is 4.83. The Hall–Kier alpha value is -2.83. The van der Waals surface area contributed by atoms with Gasteiger partial charge in [0.1, 0.15) is 0 Å². The molecule has 150 valence electrons. The summed E-state index contributed by atoms with van der Waals surface area (Å²) in [5.41, 5.74) is 6.01. The Bertz CT molecular complexity index is 880. The number of aromatic hydroxyl groups is 1. The standard InChI is InChI=1S/C21H28N4O3/c1-21(2,3)11-13-5-7-16-15(9-13)19(24-23-16)20(27)25-22-12-14-6-8-17(26)18(10-14)28-4/h6,8,10,12-13,26H,5,7,9,11H2,1-4H3,(H,23,24)(H,25,27)/b22-12+. The van der Waals surface area contributed by atoms with Crippen molar-refractivity contribution in [3.63, 3.8) is 0 Å². The first-order valence-electron chi connectivity index (χ1n) is 9.53. The van der Waals surface area contributed by atoms with Crippen LogP contribution < -0.4 is 10.2 Å². The summed E-state index contributed by atoms with van der Waals surface area (Å²) in [4.78, 5) is 12.6. The van der Waals surface area contributed by atoms with E-state index < -0.39 is 0 Å². The molecule has 0 saturated carbocycles. The number of nitrogens with one attached hydrogen (secondary N) is 2. The highest BCUT2D eigenvalue weighted by atomic mass is 16.5. The van der Waals surface area contributed by atoms with Crippen LogP contribution in [0.2, 0.25) is 0 Å². The molecule has 0 radical (unpaired) electrons. The van der Waals surface area contributed by atoms with Crippen LogP contribution in [0.25, 0.3) is 0 Å². The zero-order valence-corrected chi connectivity index (χ0v) is 16.9. The minimum Gasteiger partial charge on any atom is -0.504 e. The summed E-state index contributed by atoms with van der Waals surface area (Å²) in [6.07, 6.45) is 5.53. The van der Waals surface area contributed by atoms with Crippen LogP contribution in [0.1, 0.15) is 60.9 Å². The molecule has 0 fully saturated rings. The second-order valence-corrected chi connectivity index (χ2v) is 8.53. The molecule has 1 heterocycles. The first-order valence-corrected chi connectivity index (χ1v) is 9.53. The van der Waals surface area contributed by atoms with Gasteiger partial charge in [0.15, 0.2) is 17.2 Å². The van der Waals surface area contributed by atoms with Gasteiger partial charge in [0.05, 0.1) is 13.3 Å². The number of rotatable bonds is 5. The van der Waals surface area contributed by atoms with Crippen molar-refractivity contribution < 1.29 is 14.6 Å². The number of amides is 1. The number of hydrazone groups is 1. The molecule has 1 aliphatic carbocycles. The highest BCUT2D eigenvalue weighted by molar-refractivity contribution is 5.94. The molecule has 1 aromatic carbocycles. The van der Waals surface area contributed by atoms with E-state index in [-0.39, 0.29) is 17.1 Å². The fraction of sp³-hybridized carbons (Fsp3) is 0.476. The van der Waals surface area contributed by atoms with Crippen LogP contribution in [0.15, 0.2) is 23.3 Å². The number of H-pyrrole nitrogens is 1. The predicted molar refractivity (Wildman–Crippen MR) is 108 cm³/mol. The van der Waals surface area contributed by atoms with Crippen LogP contribution in [-0.2, 0) is 12.8 Å². The minimum atomic E-state index is -0.323. The largest absolute Gasteiger partial charge is 0.504 e. The molecule has 1 atom stereocenters. The van der Waals surface area contributed by atoms with Crippen molar-refractivity contribution in [3.05, 3.63) is 40.7 Å². The minimum absolute atomic E-state index is 0.0525. The molecule has 2 aromatic rings. The van der Waals surface area contributed by atoms with Gasteiger partial charge in [-0.15, -0.1) is 0 Å². The van der Waals surface area contributed by atoms with E-state index in [1.807, 2.05) is 0 Å². The molecule has 0 aliphatic heterocycles. The molecule has 0 spiro atoms. The quantitative estimate of drug-likeness (QED) is 0.543.